The van der Waals surface area contributed by atoms with Gasteiger partial charge in [0.15, 0.2) is 6.23 Å². The van der Waals surface area contributed by atoms with Gasteiger partial charge in [0.05, 0.1) is 0 Å². The van der Waals surface area contributed by atoms with Crippen molar-refractivity contribution in [1.82, 2.24) is 5.32 Å². The molecule has 4 N–H and O–H groups in total. The molecule has 1 aliphatic heterocycles. The lowest BCUT2D eigenvalue weighted by Gasteiger charge is -2.29. The fourth-order valence-corrected chi connectivity index (χ4v) is 2.61. The summed E-state index contributed by atoms with van der Waals surface area (Å²) >= 11 is 0. The van der Waals surface area contributed by atoms with Gasteiger partial charge in [-0.3, -0.25) is 9.88 Å². The van der Waals surface area contributed by atoms with Crippen molar-refractivity contribution in [2.24, 2.45) is 5.92 Å². The molecule has 0 unspecified atom stereocenters. The highest BCUT2D eigenvalue weighted by Crippen LogP contribution is 2.36. The van der Waals surface area contributed by atoms with E-state index in [1.165, 1.54) is 0 Å². The minimum Gasteiger partial charge on any atom is -0.450 e. The van der Waals surface area contributed by atoms with Crippen LogP contribution >= 0.6 is 7.60 Å². The van der Waals surface area contributed by atoms with E-state index in [4.69, 9.17) is 14.9 Å². The largest absolute Gasteiger partial charge is 0.507 e. The monoisotopic (exact) mass is 267 g/mol. The standard InChI is InChI=1S/C9H18NO6P/c11-9(12)16-8-6-7(3-4-10-8)2-1-5-17(13,14)15/h7-8,10H,1-6H2,(H,11,12)(H2,13,14,15)/t7-,8-/m1/s1. The lowest BCUT2D eigenvalue weighted by molar-refractivity contribution is 0.0123. The second kappa shape index (κ2) is 6.35. The maximum Gasteiger partial charge on any atom is 0.507 e. The van der Waals surface area contributed by atoms with Gasteiger partial charge in [0, 0.05) is 12.6 Å². The highest BCUT2D eigenvalue weighted by molar-refractivity contribution is 7.51. The highest BCUT2D eigenvalue weighted by atomic mass is 31.2. The lowest BCUT2D eigenvalue weighted by atomic mass is 9.92. The summed E-state index contributed by atoms with van der Waals surface area (Å²) in [4.78, 5) is 27.8. The zero-order valence-corrected chi connectivity index (χ0v) is 10.3. The van der Waals surface area contributed by atoms with Gasteiger partial charge in [-0.25, -0.2) is 4.79 Å². The van der Waals surface area contributed by atoms with Gasteiger partial charge >= 0.3 is 13.8 Å². The molecule has 0 bridgehead atoms. The summed E-state index contributed by atoms with van der Waals surface area (Å²) in [5.74, 6) is 0.257. The smallest absolute Gasteiger partial charge is 0.450 e. The molecule has 0 saturated carbocycles. The van der Waals surface area contributed by atoms with Crippen molar-refractivity contribution in [3.63, 3.8) is 0 Å². The molecule has 0 amide bonds. The van der Waals surface area contributed by atoms with E-state index in [1.54, 1.807) is 0 Å². The van der Waals surface area contributed by atoms with Crippen LogP contribution < -0.4 is 5.32 Å². The molecule has 2 atom stereocenters. The number of carboxylic acid groups (broad SMARTS) is 1. The van der Waals surface area contributed by atoms with Crippen LogP contribution in [0.5, 0.6) is 0 Å². The molecule has 17 heavy (non-hydrogen) atoms. The van der Waals surface area contributed by atoms with Crippen molar-refractivity contribution in [2.45, 2.75) is 31.9 Å². The zero-order chi connectivity index (χ0) is 12.9. The first-order valence-corrected chi connectivity index (χ1v) is 7.34. The molecule has 0 radical (unpaired) electrons. The van der Waals surface area contributed by atoms with Gasteiger partial charge in [-0.15, -0.1) is 0 Å². The van der Waals surface area contributed by atoms with E-state index in [-0.39, 0.29) is 12.1 Å². The van der Waals surface area contributed by atoms with Crippen molar-refractivity contribution in [3.8, 4) is 0 Å². The molecule has 0 aromatic heterocycles. The zero-order valence-electron chi connectivity index (χ0n) is 9.41. The Balaban J connectivity index is 2.25. The summed E-state index contributed by atoms with van der Waals surface area (Å²) in [7, 11) is -3.91. The van der Waals surface area contributed by atoms with Crippen molar-refractivity contribution in [3.05, 3.63) is 0 Å². The topological polar surface area (TPSA) is 116 Å². The molecule has 8 heteroatoms. The first-order chi connectivity index (χ1) is 7.87. The Morgan fingerprint density at radius 3 is 2.76 bits per heavy atom. The third kappa shape index (κ3) is 6.63. The van der Waals surface area contributed by atoms with Crippen LogP contribution in [0, 0.1) is 5.92 Å². The second-order valence-electron chi connectivity index (χ2n) is 4.25. The average Bonchev–Trinajstić information content (AvgIpc) is 2.15. The number of carbonyl (C=O) groups is 1. The Hall–Kier alpha value is -0.620. The second-order valence-corrected chi connectivity index (χ2v) is 6.02. The van der Waals surface area contributed by atoms with Gasteiger partial charge in [-0.1, -0.05) is 0 Å². The van der Waals surface area contributed by atoms with Crippen molar-refractivity contribution >= 4 is 13.8 Å². The maximum absolute atomic E-state index is 10.7. The average molecular weight is 267 g/mol. The quantitative estimate of drug-likeness (QED) is 0.433. The predicted molar refractivity (Wildman–Crippen MR) is 59.8 cm³/mol. The highest BCUT2D eigenvalue weighted by Gasteiger charge is 2.24. The number of nitrogens with one attached hydrogen (secondary N) is 1. The third-order valence-electron chi connectivity index (χ3n) is 2.78. The molecule has 0 spiro atoms. The number of hydrogen-bond acceptors (Lipinski definition) is 4. The summed E-state index contributed by atoms with van der Waals surface area (Å²) in [6.07, 6.45) is 0.663. The molecule has 0 aromatic rings. The Bertz CT molecular complexity index is 304. The minimum absolute atomic E-state index is 0.110. The maximum atomic E-state index is 10.7. The summed E-state index contributed by atoms with van der Waals surface area (Å²) in [6.45, 7) is 0.665. The molecule has 1 rings (SSSR count). The lowest BCUT2D eigenvalue weighted by Crippen LogP contribution is -2.41. The van der Waals surface area contributed by atoms with E-state index in [2.05, 4.69) is 10.1 Å². The van der Waals surface area contributed by atoms with Gasteiger partial charge < -0.3 is 19.6 Å². The predicted octanol–water partition coefficient (Wildman–Crippen LogP) is 0.965. The number of rotatable bonds is 5. The van der Waals surface area contributed by atoms with E-state index in [0.29, 0.717) is 25.8 Å². The van der Waals surface area contributed by atoms with Gasteiger partial charge in [0.2, 0.25) is 0 Å². The molecule has 0 aliphatic carbocycles. The number of piperidine rings is 1. The van der Waals surface area contributed by atoms with E-state index in [1.807, 2.05) is 0 Å². The van der Waals surface area contributed by atoms with Crippen LogP contribution in [0.2, 0.25) is 0 Å². The van der Waals surface area contributed by atoms with Crippen LogP contribution in [0.1, 0.15) is 25.7 Å². The van der Waals surface area contributed by atoms with Gasteiger partial charge in [0.25, 0.3) is 0 Å². The van der Waals surface area contributed by atoms with E-state index < -0.39 is 20.0 Å². The molecule has 1 aliphatic rings. The van der Waals surface area contributed by atoms with Crippen LogP contribution in [-0.2, 0) is 9.30 Å². The number of hydrogen-bond donors (Lipinski definition) is 4. The summed E-state index contributed by atoms with van der Waals surface area (Å²) in [5, 5.41) is 11.4. The van der Waals surface area contributed by atoms with Crippen LogP contribution in [0.3, 0.4) is 0 Å². The van der Waals surface area contributed by atoms with E-state index in [9.17, 15) is 9.36 Å². The van der Waals surface area contributed by atoms with Gasteiger partial charge in [-0.2, -0.15) is 0 Å². The van der Waals surface area contributed by atoms with Crippen LogP contribution in [0.4, 0.5) is 4.79 Å². The fourth-order valence-electron chi connectivity index (χ4n) is 2.01. The minimum atomic E-state index is -3.91. The molecular formula is C9H18NO6P. The van der Waals surface area contributed by atoms with Crippen LogP contribution in [-0.4, -0.2) is 40.0 Å². The Morgan fingerprint density at radius 1 is 1.47 bits per heavy atom. The normalized spacial score (nSPS) is 25.5. The Kier molecular flexibility index (Phi) is 5.39. The molecule has 0 aromatic carbocycles. The third-order valence-corrected chi connectivity index (χ3v) is 3.68. The number of ether oxygens (including phenoxy) is 1. The first kappa shape index (κ1) is 14.4. The van der Waals surface area contributed by atoms with Crippen LogP contribution in [0.15, 0.2) is 0 Å². The molecule has 1 saturated heterocycles. The molecular weight excluding hydrogens is 249 g/mol. The summed E-state index contributed by atoms with van der Waals surface area (Å²) < 4.78 is 15.3. The summed E-state index contributed by atoms with van der Waals surface area (Å²) in [5.41, 5.74) is 0. The SMILES string of the molecule is O=C(O)O[C@@H]1C[C@H](CCCP(=O)(O)O)CCN1. The Labute approximate surface area is 99.3 Å². The van der Waals surface area contributed by atoms with E-state index >= 15 is 0 Å². The first-order valence-electron chi connectivity index (χ1n) is 5.54. The molecule has 1 fully saturated rings. The van der Waals surface area contributed by atoms with Gasteiger partial charge in [0.1, 0.15) is 0 Å². The molecule has 7 nitrogen and oxygen atoms in total. The van der Waals surface area contributed by atoms with Crippen molar-refractivity contribution in [1.29, 1.82) is 0 Å². The Morgan fingerprint density at radius 2 is 2.18 bits per heavy atom. The summed E-state index contributed by atoms with van der Waals surface area (Å²) in [6, 6.07) is 0. The molecule has 1 heterocycles. The van der Waals surface area contributed by atoms with Crippen molar-refractivity contribution < 1.29 is 29.0 Å². The van der Waals surface area contributed by atoms with Crippen LogP contribution in [0.25, 0.3) is 0 Å². The van der Waals surface area contributed by atoms with Crippen molar-refractivity contribution in [2.75, 3.05) is 12.7 Å². The molecule has 100 valence electrons. The fraction of sp³-hybridized carbons (Fsp3) is 0.889. The van der Waals surface area contributed by atoms with E-state index in [0.717, 1.165) is 6.42 Å². The van der Waals surface area contributed by atoms with Gasteiger partial charge in [-0.05, 0) is 31.7 Å².